The normalized spacial score (nSPS) is 11.1. The van der Waals surface area contributed by atoms with Crippen LogP contribution in [0.25, 0.3) is 33.2 Å². The number of nitrogens with zero attached hydrogens (tertiary/aromatic N) is 1. The molecule has 0 spiro atoms. The average Bonchev–Trinajstić information content (AvgIpc) is 2.98. The Kier molecular flexibility index (Phi) is 2.64. The molecule has 0 aliphatic rings. The van der Waals surface area contributed by atoms with Crippen LogP contribution in [-0.4, -0.2) is 17.1 Å². The minimum absolute atomic E-state index is 0.874. The summed E-state index contributed by atoms with van der Waals surface area (Å²) in [6, 6.07) is 20.5. The third-order valence-corrected chi connectivity index (χ3v) is 3.71. The van der Waals surface area contributed by atoms with Gasteiger partial charge in [-0.1, -0.05) is 30.3 Å². The van der Waals surface area contributed by atoms with E-state index in [0.717, 1.165) is 33.6 Å². The van der Waals surface area contributed by atoms with Crippen molar-refractivity contribution in [1.82, 2.24) is 9.97 Å². The zero-order valence-electron chi connectivity index (χ0n) is 11.6. The number of aromatic nitrogens is 2. The lowest BCUT2D eigenvalue weighted by Crippen LogP contribution is -1.84. The van der Waals surface area contributed by atoms with Gasteiger partial charge in [-0.05, 0) is 41.1 Å². The van der Waals surface area contributed by atoms with Gasteiger partial charge in [0, 0.05) is 5.56 Å². The van der Waals surface area contributed by atoms with Gasteiger partial charge in [0.25, 0.3) is 0 Å². The fourth-order valence-corrected chi connectivity index (χ4v) is 2.59. The Morgan fingerprint density at radius 1 is 0.905 bits per heavy atom. The molecule has 3 aromatic carbocycles. The van der Waals surface area contributed by atoms with Crippen molar-refractivity contribution < 1.29 is 4.74 Å². The number of benzene rings is 3. The summed E-state index contributed by atoms with van der Waals surface area (Å²) in [4.78, 5) is 8.01. The average molecular weight is 274 g/mol. The number of fused-ring (bicyclic) bond motifs is 2. The second-order valence-corrected chi connectivity index (χ2v) is 5.03. The van der Waals surface area contributed by atoms with Gasteiger partial charge in [-0.25, -0.2) is 4.98 Å². The van der Waals surface area contributed by atoms with Crippen LogP contribution in [0, 0.1) is 0 Å². The number of hydrogen-bond donors (Lipinski definition) is 1. The molecule has 0 bridgehead atoms. The lowest BCUT2D eigenvalue weighted by Gasteiger charge is -2.04. The Morgan fingerprint density at radius 2 is 1.71 bits per heavy atom. The van der Waals surface area contributed by atoms with Gasteiger partial charge in [-0.15, -0.1) is 0 Å². The fourth-order valence-electron chi connectivity index (χ4n) is 2.59. The van der Waals surface area contributed by atoms with E-state index in [4.69, 9.17) is 4.74 Å². The Morgan fingerprint density at radius 3 is 2.57 bits per heavy atom. The summed E-state index contributed by atoms with van der Waals surface area (Å²) in [6.07, 6.45) is 0. The fraction of sp³-hybridized carbons (Fsp3) is 0.0556. The number of methoxy groups -OCH3 is 1. The van der Waals surface area contributed by atoms with Crippen LogP contribution < -0.4 is 4.74 Å². The molecule has 0 aliphatic heterocycles. The molecule has 3 nitrogen and oxygen atoms in total. The predicted octanol–water partition coefficient (Wildman–Crippen LogP) is 4.39. The third-order valence-electron chi connectivity index (χ3n) is 3.71. The van der Waals surface area contributed by atoms with Crippen molar-refractivity contribution in [1.29, 1.82) is 0 Å². The monoisotopic (exact) mass is 274 g/mol. The number of hydrogen-bond acceptors (Lipinski definition) is 2. The highest BCUT2D eigenvalue weighted by Gasteiger charge is 2.06. The SMILES string of the molecule is COc1ccc2cc(-c3nc4ccccc4[nH]3)ccc2c1. The second-order valence-electron chi connectivity index (χ2n) is 5.03. The molecule has 4 aromatic rings. The number of para-hydroxylation sites is 2. The molecule has 0 saturated heterocycles. The van der Waals surface area contributed by atoms with Gasteiger partial charge >= 0.3 is 0 Å². The largest absolute Gasteiger partial charge is 0.497 e. The first-order valence-electron chi connectivity index (χ1n) is 6.86. The van der Waals surface area contributed by atoms with E-state index >= 15 is 0 Å². The number of H-pyrrole nitrogens is 1. The van der Waals surface area contributed by atoms with Crippen LogP contribution in [0.1, 0.15) is 0 Å². The van der Waals surface area contributed by atoms with E-state index in [9.17, 15) is 0 Å². The summed E-state index contributed by atoms with van der Waals surface area (Å²) < 4.78 is 5.26. The maximum absolute atomic E-state index is 5.26. The Labute approximate surface area is 122 Å². The third kappa shape index (κ3) is 2.03. The quantitative estimate of drug-likeness (QED) is 0.588. The van der Waals surface area contributed by atoms with Gasteiger partial charge in [0.15, 0.2) is 0 Å². The number of ether oxygens (including phenoxy) is 1. The topological polar surface area (TPSA) is 37.9 Å². The molecular weight excluding hydrogens is 260 g/mol. The molecule has 3 heteroatoms. The van der Waals surface area contributed by atoms with E-state index in [1.807, 2.05) is 36.4 Å². The zero-order valence-corrected chi connectivity index (χ0v) is 11.6. The molecular formula is C18H14N2O. The van der Waals surface area contributed by atoms with Crippen molar-refractivity contribution in [2.45, 2.75) is 0 Å². The first-order chi connectivity index (χ1) is 10.3. The van der Waals surface area contributed by atoms with Crippen molar-refractivity contribution in [3.05, 3.63) is 60.7 Å². The molecule has 1 N–H and O–H groups in total. The zero-order chi connectivity index (χ0) is 14.2. The van der Waals surface area contributed by atoms with Crippen LogP contribution >= 0.6 is 0 Å². The van der Waals surface area contributed by atoms with Gasteiger partial charge in [0.05, 0.1) is 18.1 Å². The van der Waals surface area contributed by atoms with Crippen LogP contribution in [0.5, 0.6) is 5.75 Å². The van der Waals surface area contributed by atoms with Crippen LogP contribution in [-0.2, 0) is 0 Å². The predicted molar refractivity (Wildman–Crippen MR) is 85.6 cm³/mol. The highest BCUT2D eigenvalue weighted by atomic mass is 16.5. The first-order valence-corrected chi connectivity index (χ1v) is 6.86. The molecule has 0 amide bonds. The number of rotatable bonds is 2. The summed E-state index contributed by atoms with van der Waals surface area (Å²) in [7, 11) is 1.68. The summed E-state index contributed by atoms with van der Waals surface area (Å²) >= 11 is 0. The molecule has 0 fully saturated rings. The van der Waals surface area contributed by atoms with Crippen LogP contribution in [0.2, 0.25) is 0 Å². The Balaban J connectivity index is 1.86. The van der Waals surface area contributed by atoms with Crippen molar-refractivity contribution in [3.8, 4) is 17.1 Å². The Hall–Kier alpha value is -2.81. The highest BCUT2D eigenvalue weighted by Crippen LogP contribution is 2.26. The van der Waals surface area contributed by atoms with E-state index in [-0.39, 0.29) is 0 Å². The molecule has 102 valence electrons. The lowest BCUT2D eigenvalue weighted by molar-refractivity contribution is 0.415. The number of aromatic amines is 1. The van der Waals surface area contributed by atoms with Crippen molar-refractivity contribution in [3.63, 3.8) is 0 Å². The maximum atomic E-state index is 5.26. The minimum atomic E-state index is 0.874. The molecule has 4 rings (SSSR count). The Bertz CT molecular complexity index is 907. The summed E-state index contributed by atoms with van der Waals surface area (Å²) in [5, 5.41) is 2.34. The van der Waals surface area contributed by atoms with Gasteiger partial charge < -0.3 is 9.72 Å². The summed E-state index contributed by atoms with van der Waals surface area (Å²) in [5.41, 5.74) is 3.13. The van der Waals surface area contributed by atoms with Crippen LogP contribution in [0.3, 0.4) is 0 Å². The minimum Gasteiger partial charge on any atom is -0.497 e. The second kappa shape index (κ2) is 4.63. The summed E-state index contributed by atoms with van der Waals surface area (Å²) in [5.74, 6) is 1.77. The lowest BCUT2D eigenvalue weighted by atomic mass is 10.1. The molecule has 0 aliphatic carbocycles. The summed E-state index contributed by atoms with van der Waals surface area (Å²) in [6.45, 7) is 0. The highest BCUT2D eigenvalue weighted by molar-refractivity contribution is 5.88. The smallest absolute Gasteiger partial charge is 0.138 e. The van der Waals surface area contributed by atoms with Crippen LogP contribution in [0.15, 0.2) is 60.7 Å². The molecule has 0 radical (unpaired) electrons. The van der Waals surface area contributed by atoms with Crippen LogP contribution in [0.4, 0.5) is 0 Å². The van der Waals surface area contributed by atoms with E-state index in [2.05, 4.69) is 34.2 Å². The van der Waals surface area contributed by atoms with Crippen molar-refractivity contribution in [2.75, 3.05) is 7.11 Å². The van der Waals surface area contributed by atoms with E-state index in [0.29, 0.717) is 0 Å². The molecule has 1 heterocycles. The molecule has 0 saturated carbocycles. The first kappa shape index (κ1) is 12.0. The number of imidazole rings is 1. The standard InChI is InChI=1S/C18H14N2O/c1-21-15-9-8-12-10-14(7-6-13(12)11-15)18-19-16-4-2-3-5-17(16)20-18/h2-11H,1H3,(H,19,20). The van der Waals surface area contributed by atoms with Gasteiger partial charge in [0.1, 0.15) is 11.6 Å². The maximum Gasteiger partial charge on any atom is 0.138 e. The van der Waals surface area contributed by atoms with E-state index in [1.165, 1.54) is 5.39 Å². The van der Waals surface area contributed by atoms with Crippen molar-refractivity contribution >= 4 is 21.8 Å². The van der Waals surface area contributed by atoms with Gasteiger partial charge in [-0.3, -0.25) is 0 Å². The molecule has 1 aromatic heterocycles. The number of nitrogens with one attached hydrogen (secondary N) is 1. The molecule has 0 unspecified atom stereocenters. The van der Waals surface area contributed by atoms with Gasteiger partial charge in [-0.2, -0.15) is 0 Å². The van der Waals surface area contributed by atoms with E-state index < -0.39 is 0 Å². The molecule has 0 atom stereocenters. The van der Waals surface area contributed by atoms with Gasteiger partial charge in [0.2, 0.25) is 0 Å². The van der Waals surface area contributed by atoms with E-state index in [1.54, 1.807) is 7.11 Å². The van der Waals surface area contributed by atoms with Crippen molar-refractivity contribution in [2.24, 2.45) is 0 Å². The molecule has 21 heavy (non-hydrogen) atoms.